The van der Waals surface area contributed by atoms with Crippen LogP contribution >= 0.6 is 0 Å². The predicted octanol–water partition coefficient (Wildman–Crippen LogP) is 1.21. The highest BCUT2D eigenvalue weighted by Gasteiger charge is 2.43. The number of aromatic nitrogens is 2. The van der Waals surface area contributed by atoms with Gasteiger partial charge in [-0.15, -0.1) is 0 Å². The predicted molar refractivity (Wildman–Crippen MR) is 168 cm³/mol. The lowest BCUT2D eigenvalue weighted by Gasteiger charge is -2.41. The molecule has 1 aromatic carbocycles. The van der Waals surface area contributed by atoms with Crippen molar-refractivity contribution >= 4 is 35.3 Å². The average Bonchev–Trinajstić information content (AvgIpc) is 3.85. The monoisotopic (exact) mass is 633 g/mol. The molecule has 1 aliphatic carbocycles. The minimum atomic E-state index is -1.08. The van der Waals surface area contributed by atoms with Crippen molar-refractivity contribution in [3.8, 4) is 0 Å². The molecule has 246 valence electrons. The molecule has 0 bridgehead atoms. The molecular formula is C33H43N7O6. The van der Waals surface area contributed by atoms with E-state index in [1.165, 1.54) is 30.4 Å². The van der Waals surface area contributed by atoms with Crippen LogP contribution in [0.2, 0.25) is 0 Å². The van der Waals surface area contributed by atoms with Gasteiger partial charge in [-0.1, -0.05) is 58.4 Å². The second-order valence-electron chi connectivity index (χ2n) is 13.0. The average molecular weight is 634 g/mol. The van der Waals surface area contributed by atoms with Crippen LogP contribution in [-0.4, -0.2) is 80.4 Å². The number of fused-ring (bicyclic) bond motifs is 1. The van der Waals surface area contributed by atoms with E-state index in [0.29, 0.717) is 6.42 Å². The normalized spacial score (nSPS) is 17.8. The van der Waals surface area contributed by atoms with E-state index in [0.717, 1.165) is 24.0 Å². The Morgan fingerprint density at radius 1 is 0.978 bits per heavy atom. The quantitative estimate of drug-likeness (QED) is 0.252. The van der Waals surface area contributed by atoms with Gasteiger partial charge in [-0.05, 0) is 42.7 Å². The van der Waals surface area contributed by atoms with Crippen molar-refractivity contribution in [1.82, 2.24) is 36.1 Å². The van der Waals surface area contributed by atoms with Crippen LogP contribution in [0.15, 0.2) is 42.9 Å². The Hall–Kier alpha value is -4.68. The molecule has 13 heteroatoms. The van der Waals surface area contributed by atoms with Gasteiger partial charge in [-0.3, -0.25) is 33.8 Å². The summed E-state index contributed by atoms with van der Waals surface area (Å²) >= 11 is 0. The highest BCUT2D eigenvalue weighted by atomic mass is 16.2. The van der Waals surface area contributed by atoms with E-state index in [9.17, 15) is 28.8 Å². The summed E-state index contributed by atoms with van der Waals surface area (Å²) in [6.07, 6.45) is 6.70. The van der Waals surface area contributed by atoms with E-state index in [-0.39, 0.29) is 31.1 Å². The van der Waals surface area contributed by atoms with E-state index >= 15 is 0 Å². The molecule has 1 fully saturated rings. The molecule has 0 radical (unpaired) electrons. The molecule has 1 aliphatic heterocycles. The van der Waals surface area contributed by atoms with Gasteiger partial charge in [-0.25, -0.2) is 4.98 Å². The third kappa shape index (κ3) is 8.52. The van der Waals surface area contributed by atoms with Crippen LogP contribution in [-0.2, 0) is 36.9 Å². The fourth-order valence-corrected chi connectivity index (χ4v) is 5.29. The SMILES string of the molecule is CCC[C@H](NC(=O)[C@@H]1Cc2ccccc2CN1C(=O)[C@@H](NC(=O)[C@H](C)NC(=O)c1cnccn1)C(C)(C)C)C(=O)C(=O)NC1CC1. The molecule has 0 saturated heterocycles. The van der Waals surface area contributed by atoms with Gasteiger partial charge in [-0.2, -0.15) is 0 Å². The smallest absolute Gasteiger partial charge is 0.289 e. The molecular weight excluding hydrogens is 590 g/mol. The van der Waals surface area contributed by atoms with Gasteiger partial charge in [0.2, 0.25) is 23.5 Å². The third-order valence-corrected chi connectivity index (χ3v) is 8.12. The van der Waals surface area contributed by atoms with Gasteiger partial charge in [0, 0.05) is 31.4 Å². The maximum absolute atomic E-state index is 14.3. The Balaban J connectivity index is 1.55. The second-order valence-corrected chi connectivity index (χ2v) is 13.0. The van der Waals surface area contributed by atoms with E-state index < -0.39 is 64.9 Å². The second kappa shape index (κ2) is 14.6. The van der Waals surface area contributed by atoms with Crippen molar-refractivity contribution in [3.05, 3.63) is 59.7 Å². The Kier molecular flexibility index (Phi) is 10.9. The van der Waals surface area contributed by atoms with Gasteiger partial charge in [0.05, 0.1) is 12.2 Å². The van der Waals surface area contributed by atoms with Crippen LogP contribution in [0, 0.1) is 5.41 Å². The largest absolute Gasteiger partial charge is 0.347 e. The van der Waals surface area contributed by atoms with Gasteiger partial charge in [0.15, 0.2) is 0 Å². The molecule has 1 aromatic heterocycles. The van der Waals surface area contributed by atoms with Crippen LogP contribution in [0.3, 0.4) is 0 Å². The fourth-order valence-electron chi connectivity index (χ4n) is 5.29. The number of hydrogen-bond donors (Lipinski definition) is 4. The number of nitrogens with one attached hydrogen (secondary N) is 4. The van der Waals surface area contributed by atoms with Crippen molar-refractivity contribution in [2.45, 2.75) is 103 Å². The first kappa shape index (κ1) is 34.2. The number of ketones is 1. The summed E-state index contributed by atoms with van der Waals surface area (Å²) in [5, 5.41) is 10.8. The molecule has 0 spiro atoms. The first-order chi connectivity index (χ1) is 21.8. The number of amides is 5. The number of carbonyl (C=O) groups is 6. The Bertz CT molecular complexity index is 1470. The van der Waals surface area contributed by atoms with Crippen LogP contribution in [0.4, 0.5) is 0 Å². The van der Waals surface area contributed by atoms with Crippen molar-refractivity contribution in [1.29, 1.82) is 0 Å². The summed E-state index contributed by atoms with van der Waals surface area (Å²) in [7, 11) is 0. The molecule has 5 amide bonds. The van der Waals surface area contributed by atoms with Crippen molar-refractivity contribution in [3.63, 3.8) is 0 Å². The zero-order valence-corrected chi connectivity index (χ0v) is 27.0. The lowest BCUT2D eigenvalue weighted by Crippen LogP contribution is -2.63. The zero-order valence-electron chi connectivity index (χ0n) is 27.0. The molecule has 2 aromatic rings. The lowest BCUT2D eigenvalue weighted by molar-refractivity contribution is -0.148. The van der Waals surface area contributed by atoms with Crippen LogP contribution < -0.4 is 21.3 Å². The van der Waals surface area contributed by atoms with E-state index in [4.69, 9.17) is 0 Å². The number of Topliss-reactive ketones (excluding diaryl/α,β-unsaturated/α-hetero) is 1. The van der Waals surface area contributed by atoms with E-state index in [2.05, 4.69) is 31.2 Å². The Labute approximate surface area is 268 Å². The van der Waals surface area contributed by atoms with Gasteiger partial charge >= 0.3 is 0 Å². The molecule has 2 heterocycles. The maximum atomic E-state index is 14.3. The summed E-state index contributed by atoms with van der Waals surface area (Å²) in [5.41, 5.74) is 0.985. The summed E-state index contributed by atoms with van der Waals surface area (Å²) in [5.74, 6) is -3.68. The molecule has 0 unspecified atom stereocenters. The summed E-state index contributed by atoms with van der Waals surface area (Å²) in [4.78, 5) is 89.0. The van der Waals surface area contributed by atoms with Crippen LogP contribution in [0.1, 0.15) is 81.9 Å². The Morgan fingerprint density at radius 3 is 2.28 bits per heavy atom. The first-order valence-corrected chi connectivity index (χ1v) is 15.7. The molecule has 4 N–H and O–H groups in total. The van der Waals surface area contributed by atoms with Gasteiger partial charge < -0.3 is 26.2 Å². The molecule has 4 atom stereocenters. The summed E-state index contributed by atoms with van der Waals surface area (Å²) in [6, 6.07) is 3.32. The standard InChI is InChI=1S/C33H43N7O6/c1-6-9-23(26(41)31(45)37-22-12-13-22)38-30(44)25-16-20-10-7-8-11-21(20)18-40(25)32(46)27(33(3,4)5)39-28(42)19(2)36-29(43)24-17-34-14-15-35-24/h7-8,10-11,14-15,17,19,22-23,25,27H,6,9,12-13,16,18H2,1-5H3,(H,36,43)(H,37,45)(H,38,44)(H,39,42)/t19-,23-,25-,27+/m0/s1. The van der Waals surface area contributed by atoms with Gasteiger partial charge in [0.25, 0.3) is 11.8 Å². The molecule has 2 aliphatic rings. The first-order valence-electron chi connectivity index (χ1n) is 15.7. The minimum Gasteiger partial charge on any atom is -0.347 e. The zero-order chi connectivity index (χ0) is 33.6. The van der Waals surface area contributed by atoms with Crippen molar-refractivity contribution in [2.24, 2.45) is 5.41 Å². The molecule has 46 heavy (non-hydrogen) atoms. The van der Waals surface area contributed by atoms with Crippen LogP contribution in [0.5, 0.6) is 0 Å². The molecule has 13 nitrogen and oxygen atoms in total. The number of hydrogen-bond acceptors (Lipinski definition) is 8. The van der Waals surface area contributed by atoms with Gasteiger partial charge in [0.1, 0.15) is 23.8 Å². The molecule has 1 saturated carbocycles. The number of carbonyl (C=O) groups excluding carboxylic acids is 6. The van der Waals surface area contributed by atoms with Crippen molar-refractivity contribution in [2.75, 3.05) is 0 Å². The minimum absolute atomic E-state index is 0.00928. The topological polar surface area (TPSA) is 180 Å². The maximum Gasteiger partial charge on any atom is 0.289 e. The number of nitrogens with zero attached hydrogens (tertiary/aromatic N) is 3. The van der Waals surface area contributed by atoms with E-state index in [1.807, 2.05) is 31.2 Å². The van der Waals surface area contributed by atoms with E-state index in [1.54, 1.807) is 20.8 Å². The lowest BCUT2D eigenvalue weighted by atomic mass is 9.84. The Morgan fingerprint density at radius 2 is 1.67 bits per heavy atom. The summed E-state index contributed by atoms with van der Waals surface area (Å²) < 4.78 is 0. The van der Waals surface area contributed by atoms with Crippen LogP contribution in [0.25, 0.3) is 0 Å². The highest BCUT2D eigenvalue weighted by molar-refractivity contribution is 6.38. The van der Waals surface area contributed by atoms with Crippen molar-refractivity contribution < 1.29 is 28.8 Å². The molecule has 4 rings (SSSR count). The third-order valence-electron chi connectivity index (χ3n) is 8.12. The number of rotatable bonds is 12. The summed E-state index contributed by atoms with van der Waals surface area (Å²) in [6.45, 7) is 8.82. The highest BCUT2D eigenvalue weighted by Crippen LogP contribution is 2.28. The fraction of sp³-hybridized carbons (Fsp3) is 0.515. The number of benzene rings is 1.